The van der Waals surface area contributed by atoms with Crippen molar-refractivity contribution in [2.24, 2.45) is 0 Å². The largest absolute Gasteiger partial charge is 0.481 e. The SMILES string of the molecule is COc1ccc(-c2ccc(CNC(=O)OC(C)(C)C)cc2)c(N)n1. The van der Waals surface area contributed by atoms with E-state index in [1.54, 1.807) is 13.2 Å². The van der Waals surface area contributed by atoms with Gasteiger partial charge in [-0.2, -0.15) is 4.98 Å². The van der Waals surface area contributed by atoms with E-state index in [1.165, 1.54) is 0 Å². The number of ether oxygens (including phenoxy) is 2. The van der Waals surface area contributed by atoms with Gasteiger partial charge < -0.3 is 20.5 Å². The van der Waals surface area contributed by atoms with E-state index < -0.39 is 11.7 Å². The highest BCUT2D eigenvalue weighted by Crippen LogP contribution is 2.26. The summed E-state index contributed by atoms with van der Waals surface area (Å²) in [6.45, 7) is 5.88. The Morgan fingerprint density at radius 1 is 1.17 bits per heavy atom. The van der Waals surface area contributed by atoms with Gasteiger partial charge in [0, 0.05) is 18.2 Å². The van der Waals surface area contributed by atoms with E-state index in [0.29, 0.717) is 18.2 Å². The van der Waals surface area contributed by atoms with E-state index in [1.807, 2.05) is 51.1 Å². The lowest BCUT2D eigenvalue weighted by Crippen LogP contribution is -2.32. The number of carbonyl (C=O) groups is 1. The number of nitrogens with zero attached hydrogens (tertiary/aromatic N) is 1. The fourth-order valence-electron chi connectivity index (χ4n) is 2.10. The number of methoxy groups -OCH3 is 1. The molecule has 128 valence electrons. The summed E-state index contributed by atoms with van der Waals surface area (Å²) < 4.78 is 10.3. The van der Waals surface area contributed by atoms with E-state index in [-0.39, 0.29) is 0 Å². The van der Waals surface area contributed by atoms with E-state index in [2.05, 4.69) is 10.3 Å². The minimum absolute atomic E-state index is 0.394. The molecule has 2 rings (SSSR count). The molecule has 1 heterocycles. The van der Waals surface area contributed by atoms with Crippen molar-refractivity contribution in [2.45, 2.75) is 32.9 Å². The summed E-state index contributed by atoms with van der Waals surface area (Å²) in [5, 5.41) is 2.73. The quantitative estimate of drug-likeness (QED) is 0.898. The fraction of sp³-hybridized carbons (Fsp3) is 0.333. The molecule has 0 fully saturated rings. The first-order valence-corrected chi connectivity index (χ1v) is 7.65. The van der Waals surface area contributed by atoms with Crippen LogP contribution in [0.2, 0.25) is 0 Å². The number of alkyl carbamates (subject to hydrolysis) is 1. The van der Waals surface area contributed by atoms with E-state index >= 15 is 0 Å². The van der Waals surface area contributed by atoms with Crippen molar-refractivity contribution in [3.63, 3.8) is 0 Å². The summed E-state index contributed by atoms with van der Waals surface area (Å²) in [5.74, 6) is 0.892. The molecule has 2 aromatic rings. The number of carbonyl (C=O) groups excluding carboxylic acids is 1. The van der Waals surface area contributed by atoms with Gasteiger partial charge in [-0.05, 0) is 38.0 Å². The van der Waals surface area contributed by atoms with Crippen molar-refractivity contribution >= 4 is 11.9 Å². The first kappa shape index (κ1) is 17.6. The van der Waals surface area contributed by atoms with Gasteiger partial charge in [-0.15, -0.1) is 0 Å². The van der Waals surface area contributed by atoms with Gasteiger partial charge in [0.25, 0.3) is 0 Å². The molecule has 0 aliphatic carbocycles. The van der Waals surface area contributed by atoms with Gasteiger partial charge in [-0.3, -0.25) is 0 Å². The van der Waals surface area contributed by atoms with Gasteiger partial charge in [-0.1, -0.05) is 24.3 Å². The highest BCUT2D eigenvalue weighted by molar-refractivity contribution is 5.74. The predicted molar refractivity (Wildman–Crippen MR) is 93.7 cm³/mol. The molecule has 1 amide bonds. The maximum atomic E-state index is 11.7. The number of benzene rings is 1. The number of hydrogen-bond acceptors (Lipinski definition) is 5. The minimum atomic E-state index is -0.507. The number of pyridine rings is 1. The zero-order valence-corrected chi connectivity index (χ0v) is 14.4. The first-order valence-electron chi connectivity index (χ1n) is 7.65. The van der Waals surface area contributed by atoms with E-state index in [4.69, 9.17) is 15.2 Å². The molecule has 0 unspecified atom stereocenters. The molecule has 24 heavy (non-hydrogen) atoms. The first-order chi connectivity index (χ1) is 11.3. The number of amides is 1. The molecular formula is C18H23N3O3. The summed E-state index contributed by atoms with van der Waals surface area (Å²) in [7, 11) is 1.55. The predicted octanol–water partition coefficient (Wildman–Crippen LogP) is 3.36. The molecule has 0 aliphatic heterocycles. The van der Waals surface area contributed by atoms with Crippen molar-refractivity contribution in [1.29, 1.82) is 0 Å². The monoisotopic (exact) mass is 329 g/mol. The fourth-order valence-corrected chi connectivity index (χ4v) is 2.10. The van der Waals surface area contributed by atoms with Crippen molar-refractivity contribution < 1.29 is 14.3 Å². The molecule has 0 aliphatic rings. The summed E-state index contributed by atoms with van der Waals surface area (Å²) in [6.07, 6.45) is -0.435. The standard InChI is InChI=1S/C18H23N3O3/c1-18(2,3)24-17(22)20-11-12-5-7-13(8-6-12)14-9-10-15(23-4)21-16(14)19/h5-10H,11H2,1-4H3,(H2,19,21)(H,20,22). The van der Waals surface area contributed by atoms with Crippen LogP contribution in [-0.4, -0.2) is 23.8 Å². The number of aromatic nitrogens is 1. The molecule has 0 spiro atoms. The van der Waals surface area contributed by atoms with Gasteiger partial charge in [0.15, 0.2) is 0 Å². The topological polar surface area (TPSA) is 86.5 Å². The second kappa shape index (κ2) is 7.21. The second-order valence-corrected chi connectivity index (χ2v) is 6.34. The number of anilines is 1. The second-order valence-electron chi connectivity index (χ2n) is 6.34. The molecule has 1 aromatic heterocycles. The number of nitrogens with one attached hydrogen (secondary N) is 1. The highest BCUT2D eigenvalue weighted by atomic mass is 16.6. The van der Waals surface area contributed by atoms with Crippen LogP contribution in [0.1, 0.15) is 26.3 Å². The molecule has 6 heteroatoms. The van der Waals surface area contributed by atoms with Crippen LogP contribution >= 0.6 is 0 Å². The molecule has 0 bridgehead atoms. The van der Waals surface area contributed by atoms with E-state index in [0.717, 1.165) is 16.7 Å². The normalized spacial score (nSPS) is 11.0. The Bertz CT molecular complexity index is 706. The molecule has 0 atom stereocenters. The van der Waals surface area contributed by atoms with Crippen LogP contribution in [0.15, 0.2) is 36.4 Å². The van der Waals surface area contributed by atoms with Gasteiger partial charge in [-0.25, -0.2) is 4.79 Å². The Morgan fingerprint density at radius 3 is 2.38 bits per heavy atom. The van der Waals surface area contributed by atoms with Crippen LogP contribution in [0, 0.1) is 0 Å². The maximum absolute atomic E-state index is 11.7. The van der Waals surface area contributed by atoms with E-state index in [9.17, 15) is 4.79 Å². The minimum Gasteiger partial charge on any atom is -0.481 e. The average molecular weight is 329 g/mol. The number of nitrogen functional groups attached to an aromatic ring is 1. The Morgan fingerprint density at radius 2 is 1.83 bits per heavy atom. The van der Waals surface area contributed by atoms with Crippen LogP contribution in [0.4, 0.5) is 10.6 Å². The Hall–Kier alpha value is -2.76. The molecular weight excluding hydrogens is 306 g/mol. The van der Waals surface area contributed by atoms with Crippen LogP contribution in [-0.2, 0) is 11.3 Å². The molecule has 0 radical (unpaired) electrons. The smallest absolute Gasteiger partial charge is 0.407 e. The Labute approximate surface area is 142 Å². The summed E-state index contributed by atoms with van der Waals surface area (Å²) in [6, 6.07) is 11.4. The number of nitrogens with two attached hydrogens (primary N) is 1. The van der Waals surface area contributed by atoms with Crippen molar-refractivity contribution in [3.05, 3.63) is 42.0 Å². The lowest BCUT2D eigenvalue weighted by atomic mass is 10.0. The molecule has 0 saturated heterocycles. The third-order valence-corrected chi connectivity index (χ3v) is 3.21. The molecule has 0 saturated carbocycles. The average Bonchev–Trinajstić information content (AvgIpc) is 2.52. The van der Waals surface area contributed by atoms with Crippen LogP contribution in [0.3, 0.4) is 0 Å². The Kier molecular flexibility index (Phi) is 5.28. The third-order valence-electron chi connectivity index (χ3n) is 3.21. The number of hydrogen-bond donors (Lipinski definition) is 2. The zero-order chi connectivity index (χ0) is 17.7. The van der Waals surface area contributed by atoms with Gasteiger partial charge >= 0.3 is 6.09 Å². The summed E-state index contributed by atoms with van der Waals surface area (Å²) >= 11 is 0. The van der Waals surface area contributed by atoms with Gasteiger partial charge in [0.1, 0.15) is 11.4 Å². The molecule has 3 N–H and O–H groups in total. The highest BCUT2D eigenvalue weighted by Gasteiger charge is 2.15. The summed E-state index contributed by atoms with van der Waals surface area (Å²) in [4.78, 5) is 15.8. The number of rotatable bonds is 4. The van der Waals surface area contributed by atoms with Gasteiger partial charge in [0.05, 0.1) is 7.11 Å². The molecule has 1 aromatic carbocycles. The summed E-state index contributed by atoms with van der Waals surface area (Å²) in [5.41, 5.74) is 8.20. The van der Waals surface area contributed by atoms with Crippen molar-refractivity contribution in [2.75, 3.05) is 12.8 Å². The lowest BCUT2D eigenvalue weighted by molar-refractivity contribution is 0.0523. The van der Waals surface area contributed by atoms with Gasteiger partial charge in [0.2, 0.25) is 5.88 Å². The lowest BCUT2D eigenvalue weighted by Gasteiger charge is -2.19. The molecule has 6 nitrogen and oxygen atoms in total. The van der Waals surface area contributed by atoms with Crippen LogP contribution in [0.5, 0.6) is 5.88 Å². The van der Waals surface area contributed by atoms with Crippen molar-refractivity contribution in [1.82, 2.24) is 10.3 Å². The maximum Gasteiger partial charge on any atom is 0.407 e. The zero-order valence-electron chi connectivity index (χ0n) is 14.4. The third kappa shape index (κ3) is 4.87. The Balaban J connectivity index is 2.02. The van der Waals surface area contributed by atoms with Crippen molar-refractivity contribution in [3.8, 4) is 17.0 Å². The van der Waals surface area contributed by atoms with Crippen LogP contribution < -0.4 is 15.8 Å². The van der Waals surface area contributed by atoms with Crippen LogP contribution in [0.25, 0.3) is 11.1 Å².